The SMILES string of the molecule is CC(=O)c1ccc2c(c1)[nH]c1c3ccccc3oc21. The van der Waals surface area contributed by atoms with E-state index in [9.17, 15) is 4.79 Å². The van der Waals surface area contributed by atoms with Crippen LogP contribution < -0.4 is 0 Å². The summed E-state index contributed by atoms with van der Waals surface area (Å²) in [4.78, 5) is 14.8. The highest BCUT2D eigenvalue weighted by Gasteiger charge is 2.13. The van der Waals surface area contributed by atoms with Crippen molar-refractivity contribution in [3.05, 3.63) is 48.0 Å². The third-order valence-corrected chi connectivity index (χ3v) is 3.53. The predicted molar refractivity (Wildman–Crippen MR) is 75.6 cm³/mol. The molecule has 2 aromatic heterocycles. The minimum atomic E-state index is 0.0676. The fraction of sp³-hybridized carbons (Fsp3) is 0.0625. The molecule has 0 amide bonds. The number of rotatable bonds is 1. The van der Waals surface area contributed by atoms with Gasteiger partial charge in [-0.1, -0.05) is 18.2 Å². The van der Waals surface area contributed by atoms with E-state index < -0.39 is 0 Å². The van der Waals surface area contributed by atoms with Gasteiger partial charge in [0.2, 0.25) is 0 Å². The molecule has 3 nitrogen and oxygen atoms in total. The molecule has 0 fully saturated rings. The van der Waals surface area contributed by atoms with Crippen LogP contribution >= 0.6 is 0 Å². The molecule has 4 aromatic rings. The molecule has 0 saturated heterocycles. The largest absolute Gasteiger partial charge is 0.454 e. The van der Waals surface area contributed by atoms with Crippen LogP contribution in [0.2, 0.25) is 0 Å². The minimum Gasteiger partial charge on any atom is -0.454 e. The van der Waals surface area contributed by atoms with Gasteiger partial charge in [-0.2, -0.15) is 0 Å². The molecule has 3 heteroatoms. The summed E-state index contributed by atoms with van der Waals surface area (Å²) in [7, 11) is 0. The lowest BCUT2D eigenvalue weighted by molar-refractivity contribution is 0.101. The van der Waals surface area contributed by atoms with Gasteiger partial charge in [0.05, 0.1) is 11.0 Å². The summed E-state index contributed by atoms with van der Waals surface area (Å²) in [5, 5.41) is 2.08. The number of furan rings is 1. The second-order valence-corrected chi connectivity index (χ2v) is 4.74. The van der Waals surface area contributed by atoms with Gasteiger partial charge in [-0.15, -0.1) is 0 Å². The van der Waals surface area contributed by atoms with Gasteiger partial charge < -0.3 is 9.40 Å². The van der Waals surface area contributed by atoms with Crippen LogP contribution in [-0.2, 0) is 0 Å². The van der Waals surface area contributed by atoms with Crippen LogP contribution in [-0.4, -0.2) is 10.8 Å². The van der Waals surface area contributed by atoms with Gasteiger partial charge in [0.1, 0.15) is 5.58 Å². The summed E-state index contributed by atoms with van der Waals surface area (Å²) in [6.07, 6.45) is 0. The standard InChI is InChI=1S/C16H11NO2/c1-9(18)10-6-7-11-13(8-10)17-15-12-4-2-3-5-14(12)19-16(11)15/h2-8,17H,1H3. The van der Waals surface area contributed by atoms with Gasteiger partial charge in [0.25, 0.3) is 0 Å². The number of para-hydroxylation sites is 1. The second kappa shape index (κ2) is 3.48. The van der Waals surface area contributed by atoms with Crippen molar-refractivity contribution in [2.75, 3.05) is 0 Å². The van der Waals surface area contributed by atoms with E-state index in [1.807, 2.05) is 42.5 Å². The molecule has 0 atom stereocenters. The molecule has 92 valence electrons. The maximum absolute atomic E-state index is 11.4. The number of benzene rings is 2. The van der Waals surface area contributed by atoms with E-state index in [0.717, 1.165) is 33.0 Å². The monoisotopic (exact) mass is 249 g/mol. The maximum Gasteiger partial charge on any atom is 0.160 e. The molecule has 0 radical (unpaired) electrons. The first-order valence-corrected chi connectivity index (χ1v) is 6.18. The summed E-state index contributed by atoms with van der Waals surface area (Å²) in [5.74, 6) is 0.0676. The molecular formula is C16H11NO2. The van der Waals surface area contributed by atoms with Gasteiger partial charge in [0.15, 0.2) is 11.4 Å². The van der Waals surface area contributed by atoms with Crippen molar-refractivity contribution in [2.24, 2.45) is 0 Å². The Hall–Kier alpha value is -2.55. The minimum absolute atomic E-state index is 0.0676. The van der Waals surface area contributed by atoms with E-state index in [-0.39, 0.29) is 5.78 Å². The molecule has 0 spiro atoms. The van der Waals surface area contributed by atoms with Crippen molar-refractivity contribution >= 4 is 38.8 Å². The number of nitrogens with one attached hydrogen (secondary N) is 1. The van der Waals surface area contributed by atoms with E-state index in [4.69, 9.17) is 4.42 Å². The Morgan fingerprint density at radius 2 is 1.95 bits per heavy atom. The van der Waals surface area contributed by atoms with Gasteiger partial charge in [-0.05, 0) is 31.2 Å². The first-order chi connectivity index (χ1) is 9.24. The number of aromatic nitrogens is 1. The molecule has 0 aliphatic rings. The lowest BCUT2D eigenvalue weighted by Crippen LogP contribution is -1.90. The normalized spacial score (nSPS) is 11.6. The molecule has 19 heavy (non-hydrogen) atoms. The number of fused-ring (bicyclic) bond motifs is 5. The van der Waals surface area contributed by atoms with Crippen LogP contribution in [0.5, 0.6) is 0 Å². The number of carbonyl (C=O) groups is 1. The molecule has 2 heterocycles. The van der Waals surface area contributed by atoms with E-state index >= 15 is 0 Å². The first-order valence-electron chi connectivity index (χ1n) is 6.18. The van der Waals surface area contributed by atoms with Crippen molar-refractivity contribution in [3.63, 3.8) is 0 Å². The molecular weight excluding hydrogens is 238 g/mol. The lowest BCUT2D eigenvalue weighted by atomic mass is 10.1. The zero-order valence-electron chi connectivity index (χ0n) is 10.4. The Morgan fingerprint density at radius 1 is 1.11 bits per heavy atom. The van der Waals surface area contributed by atoms with Crippen molar-refractivity contribution in [1.29, 1.82) is 0 Å². The van der Waals surface area contributed by atoms with Gasteiger partial charge in [-0.3, -0.25) is 4.79 Å². The third kappa shape index (κ3) is 1.35. The molecule has 0 unspecified atom stereocenters. The van der Waals surface area contributed by atoms with Crippen LogP contribution in [0.25, 0.3) is 33.0 Å². The summed E-state index contributed by atoms with van der Waals surface area (Å²) in [5.41, 5.74) is 4.37. The summed E-state index contributed by atoms with van der Waals surface area (Å²) < 4.78 is 5.89. The van der Waals surface area contributed by atoms with Crippen molar-refractivity contribution < 1.29 is 9.21 Å². The number of hydrogen-bond donors (Lipinski definition) is 1. The molecule has 0 aliphatic carbocycles. The van der Waals surface area contributed by atoms with Crippen LogP contribution in [0.4, 0.5) is 0 Å². The van der Waals surface area contributed by atoms with Crippen LogP contribution in [0.15, 0.2) is 46.9 Å². The lowest BCUT2D eigenvalue weighted by Gasteiger charge is -1.95. The van der Waals surface area contributed by atoms with Gasteiger partial charge in [-0.25, -0.2) is 0 Å². The number of Topliss-reactive ketones (excluding diaryl/α,β-unsaturated/α-hetero) is 1. The van der Waals surface area contributed by atoms with E-state index in [0.29, 0.717) is 5.56 Å². The second-order valence-electron chi connectivity index (χ2n) is 4.74. The van der Waals surface area contributed by atoms with Gasteiger partial charge >= 0.3 is 0 Å². The molecule has 0 saturated carbocycles. The zero-order valence-corrected chi connectivity index (χ0v) is 10.4. The number of H-pyrrole nitrogens is 1. The Labute approximate surface area is 108 Å². The highest BCUT2D eigenvalue weighted by molar-refractivity contribution is 6.15. The highest BCUT2D eigenvalue weighted by atomic mass is 16.3. The summed E-state index contributed by atoms with van der Waals surface area (Å²) in [6, 6.07) is 13.6. The van der Waals surface area contributed by atoms with Crippen molar-refractivity contribution in [2.45, 2.75) is 6.92 Å². The zero-order chi connectivity index (χ0) is 13.0. The fourth-order valence-corrected chi connectivity index (χ4v) is 2.56. The maximum atomic E-state index is 11.4. The molecule has 1 N–H and O–H groups in total. The van der Waals surface area contributed by atoms with E-state index in [1.54, 1.807) is 6.92 Å². The van der Waals surface area contributed by atoms with Gasteiger partial charge in [0, 0.05) is 16.3 Å². The smallest absolute Gasteiger partial charge is 0.160 e. The average molecular weight is 249 g/mol. The molecule has 2 aromatic carbocycles. The predicted octanol–water partition coefficient (Wildman–Crippen LogP) is 4.27. The van der Waals surface area contributed by atoms with Crippen LogP contribution in [0.3, 0.4) is 0 Å². The molecule has 0 bridgehead atoms. The summed E-state index contributed by atoms with van der Waals surface area (Å²) in [6.45, 7) is 1.57. The van der Waals surface area contributed by atoms with Crippen LogP contribution in [0, 0.1) is 0 Å². The number of ketones is 1. The number of hydrogen-bond acceptors (Lipinski definition) is 2. The highest BCUT2D eigenvalue weighted by Crippen LogP contribution is 2.34. The van der Waals surface area contributed by atoms with Crippen molar-refractivity contribution in [3.8, 4) is 0 Å². The van der Waals surface area contributed by atoms with E-state index in [1.165, 1.54) is 0 Å². The van der Waals surface area contributed by atoms with E-state index in [2.05, 4.69) is 4.98 Å². The fourth-order valence-electron chi connectivity index (χ4n) is 2.56. The quantitative estimate of drug-likeness (QED) is 0.512. The van der Waals surface area contributed by atoms with Crippen LogP contribution in [0.1, 0.15) is 17.3 Å². The summed E-state index contributed by atoms with van der Waals surface area (Å²) >= 11 is 0. The third-order valence-electron chi connectivity index (χ3n) is 3.53. The Balaban J connectivity index is 2.15. The topological polar surface area (TPSA) is 46.0 Å². The molecule has 4 rings (SSSR count). The number of carbonyl (C=O) groups excluding carboxylic acids is 1. The number of aromatic amines is 1. The Kier molecular flexibility index (Phi) is 1.90. The van der Waals surface area contributed by atoms with Crippen molar-refractivity contribution in [1.82, 2.24) is 4.98 Å². The average Bonchev–Trinajstić information content (AvgIpc) is 2.93. The Bertz CT molecular complexity index is 943. The Morgan fingerprint density at radius 3 is 2.79 bits per heavy atom. The molecule has 0 aliphatic heterocycles. The first kappa shape index (κ1) is 10.4.